The van der Waals surface area contributed by atoms with Crippen molar-refractivity contribution in [2.45, 2.75) is 54.2 Å². The van der Waals surface area contributed by atoms with Gasteiger partial charge in [-0.25, -0.2) is 13.4 Å². The maximum absolute atomic E-state index is 12.9. The number of aromatic nitrogens is 3. The van der Waals surface area contributed by atoms with E-state index >= 15 is 0 Å². The number of pyridine rings is 1. The first-order chi connectivity index (χ1) is 19.2. The third-order valence-corrected chi connectivity index (χ3v) is 9.92. The molecule has 2 aromatic heterocycles. The second-order valence-corrected chi connectivity index (χ2v) is 13.6. The Morgan fingerprint density at radius 3 is 2.58 bits per heavy atom. The topological polar surface area (TPSA) is 138 Å². The Bertz CT molecular complexity index is 1680. The summed E-state index contributed by atoms with van der Waals surface area (Å²) in [7, 11) is -3.83. The molecule has 1 amide bonds. The Balaban J connectivity index is 1.23. The first-order valence-corrected chi connectivity index (χ1v) is 15.8. The quantitative estimate of drug-likeness (QED) is 0.264. The van der Waals surface area contributed by atoms with Crippen molar-refractivity contribution in [1.82, 2.24) is 15.2 Å². The number of nitrogens with zero attached hydrogens (tertiary/aromatic N) is 4. The highest BCUT2D eigenvalue weighted by molar-refractivity contribution is 8.00. The lowest BCUT2D eigenvalue weighted by atomic mass is 9.82. The maximum Gasteiger partial charge on any atom is 0.263 e. The van der Waals surface area contributed by atoms with Crippen LogP contribution in [0.2, 0.25) is 0 Å². The van der Waals surface area contributed by atoms with Crippen molar-refractivity contribution < 1.29 is 13.2 Å². The average molecular weight is 591 g/mol. The fourth-order valence-corrected chi connectivity index (χ4v) is 7.24. The average Bonchev–Trinajstić information content (AvgIpc) is 3.36. The minimum atomic E-state index is -3.83. The number of fused-ring (bicyclic) bond motifs is 1. The van der Waals surface area contributed by atoms with Gasteiger partial charge in [0.25, 0.3) is 10.0 Å². The number of hydrogen-bond acceptors (Lipinski definition) is 9. The third-order valence-electron chi connectivity index (χ3n) is 6.58. The van der Waals surface area contributed by atoms with Crippen molar-refractivity contribution in [2.24, 2.45) is 0 Å². The van der Waals surface area contributed by atoms with Crippen LogP contribution in [0.3, 0.4) is 0 Å². The van der Waals surface area contributed by atoms with Crippen LogP contribution in [0.25, 0.3) is 0 Å². The smallest absolute Gasteiger partial charge is 0.263 e. The van der Waals surface area contributed by atoms with Gasteiger partial charge >= 0.3 is 0 Å². The molecular weight excluding hydrogens is 565 g/mol. The summed E-state index contributed by atoms with van der Waals surface area (Å²) in [6.07, 6.45) is 2.64. The summed E-state index contributed by atoms with van der Waals surface area (Å²) < 4.78 is 27.6. The molecule has 5 rings (SSSR count). The predicted molar refractivity (Wildman–Crippen MR) is 156 cm³/mol. The number of nitrogens with one attached hydrogen (secondary N) is 2. The molecule has 12 heteroatoms. The minimum absolute atomic E-state index is 0.0344. The van der Waals surface area contributed by atoms with Gasteiger partial charge < -0.3 is 5.32 Å². The summed E-state index contributed by atoms with van der Waals surface area (Å²) >= 11 is 2.38. The number of amides is 1. The van der Waals surface area contributed by atoms with E-state index in [-0.39, 0.29) is 15.9 Å². The molecule has 0 saturated carbocycles. The van der Waals surface area contributed by atoms with Gasteiger partial charge in [0.1, 0.15) is 16.1 Å². The summed E-state index contributed by atoms with van der Waals surface area (Å²) in [4.78, 5) is 17.8. The number of anilines is 2. The summed E-state index contributed by atoms with van der Waals surface area (Å²) in [6.45, 7) is 3.48. The standard InChI is InChI=1S/C28H26N6O3S3/c1-17(26(35)30-23-9-11-24(12-10-23)40(36,37)34-28-33-32-18(2)39-28)38-27-22(16-29)15-21-14-20(8-13-25(21)31-27)19-6-4-3-5-7-19/h3-7,9-12,15,17,20H,8,13-14H2,1-2H3,(H,30,35)(H,33,34). The van der Waals surface area contributed by atoms with Crippen LogP contribution in [-0.4, -0.2) is 34.8 Å². The van der Waals surface area contributed by atoms with Crippen molar-refractivity contribution in [3.63, 3.8) is 0 Å². The Kier molecular flexibility index (Phi) is 8.16. The molecule has 4 aromatic rings. The highest BCUT2D eigenvalue weighted by Crippen LogP contribution is 2.35. The molecule has 0 saturated heterocycles. The SMILES string of the molecule is Cc1nnc(NS(=O)(=O)c2ccc(NC(=O)C(C)Sc3nc4c(cc3C#N)CC(c3ccccc3)CC4)cc2)s1. The molecule has 204 valence electrons. The fourth-order valence-electron chi connectivity index (χ4n) is 4.52. The molecule has 2 aromatic carbocycles. The van der Waals surface area contributed by atoms with Gasteiger partial charge in [0, 0.05) is 11.4 Å². The Hall–Kier alpha value is -3.79. The van der Waals surface area contributed by atoms with E-state index in [0.29, 0.717) is 27.2 Å². The minimum Gasteiger partial charge on any atom is -0.325 e. The van der Waals surface area contributed by atoms with E-state index in [9.17, 15) is 18.5 Å². The van der Waals surface area contributed by atoms with Crippen LogP contribution in [0, 0.1) is 18.3 Å². The van der Waals surface area contributed by atoms with Crippen LogP contribution in [-0.2, 0) is 27.7 Å². The number of nitriles is 1. The number of hydrogen-bond donors (Lipinski definition) is 2. The van der Waals surface area contributed by atoms with Crippen molar-refractivity contribution in [3.8, 4) is 6.07 Å². The highest BCUT2D eigenvalue weighted by Gasteiger charge is 2.25. The van der Waals surface area contributed by atoms with E-state index in [1.807, 2.05) is 24.3 Å². The Labute approximate surface area is 241 Å². The third kappa shape index (κ3) is 6.33. The number of aryl methyl sites for hydroxylation is 2. The fraction of sp³-hybridized carbons (Fsp3) is 0.250. The van der Waals surface area contributed by atoms with Crippen molar-refractivity contribution in [2.75, 3.05) is 10.0 Å². The molecule has 1 aliphatic carbocycles. The molecule has 0 bridgehead atoms. The van der Waals surface area contributed by atoms with Gasteiger partial charge in [0.05, 0.1) is 15.7 Å². The zero-order chi connectivity index (χ0) is 28.3. The lowest BCUT2D eigenvalue weighted by molar-refractivity contribution is -0.115. The van der Waals surface area contributed by atoms with Crippen LogP contribution in [0.15, 0.2) is 70.6 Å². The van der Waals surface area contributed by atoms with Crippen molar-refractivity contribution in [1.29, 1.82) is 5.26 Å². The molecule has 0 radical (unpaired) electrons. The first kappa shape index (κ1) is 27.8. The first-order valence-electron chi connectivity index (χ1n) is 12.6. The van der Waals surface area contributed by atoms with E-state index in [1.54, 1.807) is 13.8 Å². The number of rotatable bonds is 8. The van der Waals surface area contributed by atoms with Crippen LogP contribution in [0.4, 0.5) is 10.8 Å². The van der Waals surface area contributed by atoms with Crippen LogP contribution in [0.1, 0.15) is 46.7 Å². The zero-order valence-electron chi connectivity index (χ0n) is 21.8. The molecule has 0 fully saturated rings. The van der Waals surface area contributed by atoms with E-state index in [0.717, 1.165) is 41.9 Å². The summed E-state index contributed by atoms with van der Waals surface area (Å²) in [5.41, 5.74) is 4.28. The van der Waals surface area contributed by atoms with E-state index in [4.69, 9.17) is 4.98 Å². The van der Waals surface area contributed by atoms with Gasteiger partial charge in [-0.15, -0.1) is 10.2 Å². The number of carbonyl (C=O) groups is 1. The Morgan fingerprint density at radius 1 is 1.15 bits per heavy atom. The zero-order valence-corrected chi connectivity index (χ0v) is 24.2. The van der Waals surface area contributed by atoms with E-state index in [1.165, 1.54) is 41.6 Å². The maximum atomic E-state index is 12.9. The van der Waals surface area contributed by atoms with Crippen molar-refractivity contribution >= 4 is 49.8 Å². The molecule has 2 atom stereocenters. The highest BCUT2D eigenvalue weighted by atomic mass is 32.2. The molecule has 1 aliphatic rings. The number of carbonyl (C=O) groups excluding carboxylic acids is 1. The van der Waals surface area contributed by atoms with Gasteiger partial charge in [-0.2, -0.15) is 5.26 Å². The summed E-state index contributed by atoms with van der Waals surface area (Å²) in [6, 6.07) is 20.4. The molecule has 2 heterocycles. The largest absolute Gasteiger partial charge is 0.325 e. The lowest BCUT2D eigenvalue weighted by Crippen LogP contribution is -2.23. The molecule has 2 unspecified atom stereocenters. The second-order valence-electron chi connectivity index (χ2n) is 9.41. The number of sulfonamides is 1. The summed E-state index contributed by atoms with van der Waals surface area (Å²) in [5.74, 6) is 0.117. The van der Waals surface area contributed by atoms with Gasteiger partial charge in [-0.1, -0.05) is 53.4 Å². The molecule has 2 N–H and O–H groups in total. The van der Waals surface area contributed by atoms with E-state index < -0.39 is 15.3 Å². The molecular formula is C28H26N6O3S3. The monoisotopic (exact) mass is 590 g/mol. The number of benzene rings is 2. The van der Waals surface area contributed by atoms with Gasteiger partial charge in [-0.05, 0) is 80.5 Å². The molecule has 40 heavy (non-hydrogen) atoms. The molecule has 0 spiro atoms. The molecule has 9 nitrogen and oxygen atoms in total. The lowest BCUT2D eigenvalue weighted by Gasteiger charge is -2.25. The summed E-state index contributed by atoms with van der Waals surface area (Å²) in [5, 5.41) is 21.0. The second kappa shape index (κ2) is 11.8. The normalized spacial score (nSPS) is 15.5. The molecule has 0 aliphatic heterocycles. The van der Waals surface area contributed by atoms with Crippen LogP contribution < -0.4 is 10.0 Å². The van der Waals surface area contributed by atoms with Gasteiger partial charge in [-0.3, -0.25) is 9.52 Å². The predicted octanol–water partition coefficient (Wildman–Crippen LogP) is 5.31. The van der Waals surface area contributed by atoms with Gasteiger partial charge in [0.2, 0.25) is 11.0 Å². The van der Waals surface area contributed by atoms with Crippen LogP contribution in [0.5, 0.6) is 0 Å². The van der Waals surface area contributed by atoms with E-state index in [2.05, 4.69) is 38.4 Å². The van der Waals surface area contributed by atoms with Gasteiger partial charge in [0.15, 0.2) is 0 Å². The van der Waals surface area contributed by atoms with Crippen LogP contribution >= 0.6 is 23.1 Å². The number of thioether (sulfide) groups is 1. The Morgan fingerprint density at radius 2 is 1.90 bits per heavy atom. The van der Waals surface area contributed by atoms with Crippen molar-refractivity contribution in [3.05, 3.63) is 88.1 Å².